The van der Waals surface area contributed by atoms with Crippen LogP contribution in [0.2, 0.25) is 0 Å². The van der Waals surface area contributed by atoms with Crippen LogP contribution in [0.3, 0.4) is 0 Å². The molecule has 88 valence electrons. The smallest absolute Gasteiger partial charge is 0.360 e. The molecule has 0 aliphatic rings. The van der Waals surface area contributed by atoms with Crippen molar-refractivity contribution in [3.8, 4) is 0 Å². The maximum Gasteiger partial charge on any atom is 0.360 e. The van der Waals surface area contributed by atoms with E-state index in [9.17, 15) is 4.79 Å². The molecule has 2 N–H and O–H groups in total. The van der Waals surface area contributed by atoms with Gasteiger partial charge in [-0.05, 0) is 20.3 Å². The number of methoxy groups -OCH3 is 1. The predicted molar refractivity (Wildman–Crippen MR) is 62.1 cm³/mol. The lowest BCUT2D eigenvalue weighted by molar-refractivity contribution is 0.0595. The van der Waals surface area contributed by atoms with Gasteiger partial charge in [-0.25, -0.2) is 9.78 Å². The molecule has 1 aromatic heterocycles. The summed E-state index contributed by atoms with van der Waals surface area (Å²) in [7, 11) is 1.32. The van der Waals surface area contributed by atoms with Crippen molar-refractivity contribution in [2.24, 2.45) is 0 Å². The lowest BCUT2D eigenvalue weighted by Gasteiger charge is -2.05. The molecule has 0 aliphatic heterocycles. The molecule has 16 heavy (non-hydrogen) atoms. The summed E-state index contributed by atoms with van der Waals surface area (Å²) in [6.07, 6.45) is 4.87. The van der Waals surface area contributed by atoms with Crippen molar-refractivity contribution in [1.29, 1.82) is 0 Å². The molecule has 0 saturated carbocycles. The number of carbonyl (C=O) groups excluding carboxylic acids is 1. The van der Waals surface area contributed by atoms with Crippen molar-refractivity contribution >= 4 is 11.8 Å². The van der Waals surface area contributed by atoms with E-state index in [0.29, 0.717) is 12.4 Å². The zero-order valence-corrected chi connectivity index (χ0v) is 9.86. The van der Waals surface area contributed by atoms with Crippen molar-refractivity contribution in [2.45, 2.75) is 26.8 Å². The van der Waals surface area contributed by atoms with E-state index in [1.807, 2.05) is 30.6 Å². The molecule has 0 amide bonds. The van der Waals surface area contributed by atoms with Crippen LogP contribution in [-0.4, -0.2) is 22.6 Å². The Bertz CT molecular complexity index is 408. The molecule has 0 spiro atoms. The van der Waals surface area contributed by atoms with Crippen LogP contribution >= 0.6 is 0 Å². The number of anilines is 1. The molecule has 1 aromatic rings. The van der Waals surface area contributed by atoms with Crippen LogP contribution in [0.25, 0.3) is 0 Å². The summed E-state index contributed by atoms with van der Waals surface area (Å²) in [4.78, 5) is 15.4. The largest absolute Gasteiger partial charge is 0.464 e. The number of aryl methyl sites for hydroxylation is 1. The van der Waals surface area contributed by atoms with Crippen molar-refractivity contribution in [3.05, 3.63) is 23.7 Å². The number of hydrogen-bond acceptors (Lipinski definition) is 4. The Morgan fingerprint density at radius 3 is 2.88 bits per heavy atom. The van der Waals surface area contributed by atoms with Crippen molar-refractivity contribution in [3.63, 3.8) is 0 Å². The molecule has 0 fully saturated rings. The van der Waals surface area contributed by atoms with Crippen LogP contribution in [0.15, 0.2) is 12.2 Å². The second-order valence-electron chi connectivity index (χ2n) is 3.39. The highest BCUT2D eigenvalue weighted by Crippen LogP contribution is 2.15. The number of nitrogens with two attached hydrogens (primary N) is 1. The number of allylic oxidation sites excluding steroid dienone is 2. The second kappa shape index (κ2) is 5.34. The Balaban J connectivity index is 2.93. The quantitative estimate of drug-likeness (QED) is 0.620. The van der Waals surface area contributed by atoms with Gasteiger partial charge < -0.3 is 15.0 Å². The number of hydrogen-bond donors (Lipinski definition) is 1. The number of ether oxygens (including phenoxy) is 1. The normalized spacial score (nSPS) is 10.9. The van der Waals surface area contributed by atoms with Crippen LogP contribution in [0.1, 0.15) is 29.7 Å². The Kier molecular flexibility index (Phi) is 4.10. The highest BCUT2D eigenvalue weighted by atomic mass is 16.5. The molecule has 0 saturated heterocycles. The Hall–Kier alpha value is -1.78. The third-order valence-corrected chi connectivity index (χ3v) is 2.33. The molecule has 0 radical (unpaired) electrons. The van der Waals surface area contributed by atoms with Gasteiger partial charge in [0, 0.05) is 6.54 Å². The molecular weight excluding hydrogens is 206 g/mol. The summed E-state index contributed by atoms with van der Waals surface area (Å²) in [6.45, 7) is 4.49. The lowest BCUT2D eigenvalue weighted by atomic mass is 10.3. The summed E-state index contributed by atoms with van der Waals surface area (Å²) in [5, 5.41) is 0. The summed E-state index contributed by atoms with van der Waals surface area (Å²) in [5.41, 5.74) is 6.03. The minimum atomic E-state index is -0.495. The first-order chi connectivity index (χ1) is 7.61. The number of imidazole rings is 1. The minimum absolute atomic E-state index is 0.195. The fraction of sp³-hybridized carbons (Fsp3) is 0.455. The fourth-order valence-corrected chi connectivity index (χ4v) is 1.48. The maximum absolute atomic E-state index is 11.3. The zero-order chi connectivity index (χ0) is 12.1. The Morgan fingerprint density at radius 1 is 1.62 bits per heavy atom. The van der Waals surface area contributed by atoms with Crippen LogP contribution in [0, 0.1) is 6.92 Å². The standard InChI is InChI=1S/C11H17N3O2/c1-4-5-6-7-14-8(2)13-9(10(14)12)11(15)16-3/h4-5H,6-7,12H2,1-3H3/b5-4+. The average molecular weight is 223 g/mol. The van der Waals surface area contributed by atoms with E-state index in [1.54, 1.807) is 0 Å². The SMILES string of the molecule is C/C=C/CCn1c(C)nc(C(=O)OC)c1N. The van der Waals surface area contributed by atoms with Gasteiger partial charge in [-0.1, -0.05) is 12.2 Å². The van der Waals surface area contributed by atoms with E-state index in [-0.39, 0.29) is 5.69 Å². The van der Waals surface area contributed by atoms with Crippen LogP contribution in [0.4, 0.5) is 5.82 Å². The zero-order valence-electron chi connectivity index (χ0n) is 9.86. The molecule has 0 aromatic carbocycles. The van der Waals surface area contributed by atoms with Gasteiger partial charge in [0.25, 0.3) is 0 Å². The van der Waals surface area contributed by atoms with Gasteiger partial charge >= 0.3 is 5.97 Å². The lowest BCUT2D eigenvalue weighted by Crippen LogP contribution is -2.08. The molecular formula is C11H17N3O2. The molecule has 0 unspecified atom stereocenters. The Labute approximate surface area is 94.9 Å². The van der Waals surface area contributed by atoms with Gasteiger partial charge in [-0.15, -0.1) is 0 Å². The summed E-state index contributed by atoms with van der Waals surface area (Å²) in [5.74, 6) is 0.599. The van der Waals surface area contributed by atoms with Crippen molar-refractivity contribution < 1.29 is 9.53 Å². The maximum atomic E-state index is 11.3. The van der Waals surface area contributed by atoms with E-state index in [0.717, 1.165) is 12.2 Å². The molecule has 0 atom stereocenters. The predicted octanol–water partition coefficient (Wildman–Crippen LogP) is 1.53. The highest BCUT2D eigenvalue weighted by Gasteiger charge is 2.18. The Morgan fingerprint density at radius 2 is 2.31 bits per heavy atom. The molecule has 0 bridgehead atoms. The van der Waals surface area contributed by atoms with E-state index in [2.05, 4.69) is 9.72 Å². The monoisotopic (exact) mass is 223 g/mol. The highest BCUT2D eigenvalue weighted by molar-refractivity contribution is 5.92. The third kappa shape index (κ3) is 2.42. The molecule has 0 aliphatic carbocycles. The van der Waals surface area contributed by atoms with E-state index >= 15 is 0 Å². The summed E-state index contributed by atoms with van der Waals surface area (Å²) in [6, 6.07) is 0. The van der Waals surface area contributed by atoms with Crippen LogP contribution < -0.4 is 5.73 Å². The van der Waals surface area contributed by atoms with Gasteiger partial charge in [0.05, 0.1) is 7.11 Å². The van der Waals surface area contributed by atoms with Gasteiger partial charge in [-0.2, -0.15) is 0 Å². The second-order valence-corrected chi connectivity index (χ2v) is 3.39. The fourth-order valence-electron chi connectivity index (χ4n) is 1.48. The van der Waals surface area contributed by atoms with Gasteiger partial charge in [0.2, 0.25) is 0 Å². The first kappa shape index (κ1) is 12.3. The number of aromatic nitrogens is 2. The third-order valence-electron chi connectivity index (χ3n) is 2.33. The summed E-state index contributed by atoms with van der Waals surface area (Å²) >= 11 is 0. The molecule has 1 rings (SSSR count). The number of nitrogen functional groups attached to an aromatic ring is 1. The number of nitrogens with zero attached hydrogens (tertiary/aromatic N) is 2. The van der Waals surface area contributed by atoms with E-state index in [1.165, 1.54) is 7.11 Å². The number of carbonyl (C=O) groups is 1. The van der Waals surface area contributed by atoms with E-state index < -0.39 is 5.97 Å². The van der Waals surface area contributed by atoms with Gasteiger partial charge in [0.15, 0.2) is 5.69 Å². The first-order valence-electron chi connectivity index (χ1n) is 5.13. The first-order valence-corrected chi connectivity index (χ1v) is 5.13. The molecule has 5 nitrogen and oxygen atoms in total. The van der Waals surface area contributed by atoms with Crippen molar-refractivity contribution in [2.75, 3.05) is 12.8 Å². The van der Waals surface area contributed by atoms with Crippen LogP contribution in [0.5, 0.6) is 0 Å². The molecule has 1 heterocycles. The number of rotatable bonds is 4. The van der Waals surface area contributed by atoms with Crippen LogP contribution in [-0.2, 0) is 11.3 Å². The van der Waals surface area contributed by atoms with Gasteiger partial charge in [-0.3, -0.25) is 0 Å². The summed E-state index contributed by atoms with van der Waals surface area (Å²) < 4.78 is 6.41. The van der Waals surface area contributed by atoms with Gasteiger partial charge in [0.1, 0.15) is 11.6 Å². The number of esters is 1. The van der Waals surface area contributed by atoms with Crippen molar-refractivity contribution in [1.82, 2.24) is 9.55 Å². The molecule has 5 heteroatoms. The minimum Gasteiger partial charge on any atom is -0.464 e. The topological polar surface area (TPSA) is 70.1 Å². The average Bonchev–Trinajstić information content (AvgIpc) is 2.56. The van der Waals surface area contributed by atoms with E-state index in [4.69, 9.17) is 5.73 Å².